The normalized spacial score (nSPS) is 8.23. The van der Waals surface area contributed by atoms with Crippen molar-refractivity contribution in [2.75, 3.05) is 0 Å². The highest BCUT2D eigenvalue weighted by Gasteiger charge is 2.02. The summed E-state index contributed by atoms with van der Waals surface area (Å²) < 4.78 is 0. The highest BCUT2D eigenvalue weighted by Crippen LogP contribution is 2.10. The Bertz CT molecular complexity index is 297. The molecule has 0 saturated carbocycles. The van der Waals surface area contributed by atoms with Gasteiger partial charge >= 0.3 is 0 Å². The summed E-state index contributed by atoms with van der Waals surface area (Å²) in [4.78, 5) is 3.97. The molecule has 0 amide bonds. The van der Waals surface area contributed by atoms with Crippen molar-refractivity contribution in [3.63, 3.8) is 0 Å². The van der Waals surface area contributed by atoms with Gasteiger partial charge in [-0.1, -0.05) is 20.8 Å². The summed E-state index contributed by atoms with van der Waals surface area (Å²) >= 11 is 0. The van der Waals surface area contributed by atoms with E-state index in [9.17, 15) is 0 Å². The predicted octanol–water partition coefficient (Wildman–Crippen LogP) is 2.85. The summed E-state index contributed by atoms with van der Waals surface area (Å²) in [5, 5.41) is 8.66. The first-order valence-electron chi connectivity index (χ1n) is 4.64. The third-order valence-corrected chi connectivity index (χ3v) is 1.75. The molecule has 1 aromatic rings. The molecule has 2 heteroatoms. The minimum absolute atomic E-state index is 0.563. The number of rotatable bonds is 1. The Morgan fingerprint density at radius 1 is 1.46 bits per heavy atom. The van der Waals surface area contributed by atoms with E-state index in [0.29, 0.717) is 5.69 Å². The molecular formula is C11H16N2. The lowest BCUT2D eigenvalue weighted by molar-refractivity contribution is 1.05. The van der Waals surface area contributed by atoms with Crippen LogP contribution in [-0.4, -0.2) is 4.98 Å². The Hall–Kier alpha value is -1.36. The maximum absolute atomic E-state index is 8.66. The number of aryl methyl sites for hydroxylation is 1. The summed E-state index contributed by atoms with van der Waals surface area (Å²) in [6.45, 7) is 8.03. The molecule has 0 N–H and O–H groups in total. The molecule has 70 valence electrons. The van der Waals surface area contributed by atoms with E-state index in [0.717, 1.165) is 17.5 Å². The van der Waals surface area contributed by atoms with E-state index >= 15 is 0 Å². The average Bonchev–Trinajstić information content (AvgIpc) is 2.20. The van der Waals surface area contributed by atoms with E-state index < -0.39 is 0 Å². The van der Waals surface area contributed by atoms with Gasteiger partial charge in [-0.05, 0) is 30.5 Å². The second kappa shape index (κ2) is 6.19. The summed E-state index contributed by atoms with van der Waals surface area (Å²) in [5.41, 5.74) is 2.78. The van der Waals surface area contributed by atoms with Crippen molar-refractivity contribution in [3.05, 3.63) is 29.1 Å². The lowest BCUT2D eigenvalue weighted by Crippen LogP contribution is -1.94. The second-order valence-electron chi connectivity index (χ2n) is 2.42. The zero-order chi connectivity index (χ0) is 10.3. The highest BCUT2D eigenvalue weighted by atomic mass is 14.7. The van der Waals surface area contributed by atoms with Crippen molar-refractivity contribution >= 4 is 0 Å². The van der Waals surface area contributed by atoms with E-state index in [1.54, 1.807) is 6.20 Å². The number of nitriles is 1. The van der Waals surface area contributed by atoms with Crippen LogP contribution in [0.5, 0.6) is 0 Å². The number of aromatic nitrogens is 1. The van der Waals surface area contributed by atoms with Crippen LogP contribution >= 0.6 is 0 Å². The van der Waals surface area contributed by atoms with Crippen LogP contribution in [0.4, 0.5) is 0 Å². The van der Waals surface area contributed by atoms with E-state index in [1.165, 1.54) is 0 Å². The van der Waals surface area contributed by atoms with Gasteiger partial charge in [0.15, 0.2) is 0 Å². The van der Waals surface area contributed by atoms with Gasteiger partial charge < -0.3 is 0 Å². The monoisotopic (exact) mass is 176 g/mol. The van der Waals surface area contributed by atoms with Crippen molar-refractivity contribution < 1.29 is 0 Å². The molecule has 0 saturated heterocycles. The third kappa shape index (κ3) is 2.87. The number of hydrogen-bond acceptors (Lipinski definition) is 2. The summed E-state index contributed by atoms with van der Waals surface area (Å²) in [6, 6.07) is 4.01. The maximum Gasteiger partial charge on any atom is 0.143 e. The van der Waals surface area contributed by atoms with Crippen LogP contribution in [-0.2, 0) is 6.42 Å². The molecule has 0 fully saturated rings. The first kappa shape index (κ1) is 11.6. The molecule has 0 aromatic carbocycles. The average molecular weight is 176 g/mol. The Balaban J connectivity index is 0.000000671. The predicted molar refractivity (Wildman–Crippen MR) is 54.4 cm³/mol. The topological polar surface area (TPSA) is 36.7 Å². The molecule has 2 nitrogen and oxygen atoms in total. The van der Waals surface area contributed by atoms with E-state index in [1.807, 2.05) is 33.8 Å². The van der Waals surface area contributed by atoms with Gasteiger partial charge in [0.25, 0.3) is 0 Å². The zero-order valence-electron chi connectivity index (χ0n) is 8.76. The summed E-state index contributed by atoms with van der Waals surface area (Å²) in [7, 11) is 0. The lowest BCUT2D eigenvalue weighted by Gasteiger charge is -2.01. The van der Waals surface area contributed by atoms with Crippen LogP contribution in [0.1, 0.15) is 37.6 Å². The van der Waals surface area contributed by atoms with E-state index in [4.69, 9.17) is 5.26 Å². The Kier molecular flexibility index (Phi) is 5.54. The second-order valence-corrected chi connectivity index (χ2v) is 2.42. The maximum atomic E-state index is 8.66. The number of hydrogen-bond donors (Lipinski definition) is 0. The fourth-order valence-corrected chi connectivity index (χ4v) is 1.13. The molecule has 0 aliphatic rings. The highest BCUT2D eigenvalue weighted by molar-refractivity contribution is 5.36. The van der Waals surface area contributed by atoms with Crippen molar-refractivity contribution in [1.82, 2.24) is 4.98 Å². The van der Waals surface area contributed by atoms with Crippen molar-refractivity contribution in [2.45, 2.75) is 34.1 Å². The molecule has 0 spiro atoms. The standard InChI is InChI=1S/C9H10N2.C2H6/c1-3-8-7(2)4-5-11-9(8)6-10;1-2/h4-5H,3H2,1-2H3;1-2H3. The molecular weight excluding hydrogens is 160 g/mol. The minimum Gasteiger partial charge on any atom is -0.245 e. The van der Waals surface area contributed by atoms with Gasteiger partial charge in [0.2, 0.25) is 0 Å². The quantitative estimate of drug-likeness (QED) is 0.659. The van der Waals surface area contributed by atoms with Gasteiger partial charge in [0, 0.05) is 6.20 Å². The Labute approximate surface area is 80.2 Å². The number of nitrogens with zero attached hydrogens (tertiary/aromatic N) is 2. The molecule has 1 heterocycles. The minimum atomic E-state index is 0.563. The summed E-state index contributed by atoms with van der Waals surface area (Å²) in [6.07, 6.45) is 2.55. The summed E-state index contributed by atoms with van der Waals surface area (Å²) in [5.74, 6) is 0. The van der Waals surface area contributed by atoms with Gasteiger partial charge in [-0.2, -0.15) is 5.26 Å². The first-order valence-corrected chi connectivity index (χ1v) is 4.64. The van der Waals surface area contributed by atoms with Crippen LogP contribution in [0, 0.1) is 18.3 Å². The molecule has 0 aliphatic carbocycles. The van der Waals surface area contributed by atoms with Crippen LogP contribution in [0.2, 0.25) is 0 Å². The van der Waals surface area contributed by atoms with Gasteiger partial charge in [-0.3, -0.25) is 0 Å². The van der Waals surface area contributed by atoms with Gasteiger partial charge in [-0.15, -0.1) is 0 Å². The van der Waals surface area contributed by atoms with Gasteiger partial charge in [0.05, 0.1) is 0 Å². The van der Waals surface area contributed by atoms with Crippen LogP contribution in [0.3, 0.4) is 0 Å². The molecule has 0 aliphatic heterocycles. The molecule has 0 unspecified atom stereocenters. The van der Waals surface area contributed by atoms with Crippen LogP contribution < -0.4 is 0 Å². The van der Waals surface area contributed by atoms with E-state index in [-0.39, 0.29) is 0 Å². The molecule has 0 atom stereocenters. The zero-order valence-corrected chi connectivity index (χ0v) is 8.76. The van der Waals surface area contributed by atoms with Crippen molar-refractivity contribution in [1.29, 1.82) is 5.26 Å². The van der Waals surface area contributed by atoms with Crippen molar-refractivity contribution in [3.8, 4) is 6.07 Å². The number of pyridine rings is 1. The van der Waals surface area contributed by atoms with E-state index in [2.05, 4.69) is 11.1 Å². The molecule has 0 radical (unpaired) electrons. The first-order chi connectivity index (χ1) is 6.29. The Morgan fingerprint density at radius 2 is 2.08 bits per heavy atom. The molecule has 0 bridgehead atoms. The largest absolute Gasteiger partial charge is 0.245 e. The fourth-order valence-electron chi connectivity index (χ4n) is 1.13. The van der Waals surface area contributed by atoms with Gasteiger partial charge in [-0.25, -0.2) is 4.98 Å². The fraction of sp³-hybridized carbons (Fsp3) is 0.455. The molecule has 1 aromatic heterocycles. The van der Waals surface area contributed by atoms with Gasteiger partial charge in [0.1, 0.15) is 11.8 Å². The lowest BCUT2D eigenvalue weighted by atomic mass is 10.1. The molecule has 1 rings (SSSR count). The Morgan fingerprint density at radius 3 is 2.46 bits per heavy atom. The van der Waals surface area contributed by atoms with Crippen molar-refractivity contribution in [2.24, 2.45) is 0 Å². The SMILES string of the molecule is CC.CCc1c(C)ccnc1C#N. The molecule has 13 heavy (non-hydrogen) atoms. The smallest absolute Gasteiger partial charge is 0.143 e. The van der Waals surface area contributed by atoms with Crippen LogP contribution in [0.25, 0.3) is 0 Å². The van der Waals surface area contributed by atoms with Crippen LogP contribution in [0.15, 0.2) is 12.3 Å². The third-order valence-electron chi connectivity index (χ3n) is 1.75.